The minimum atomic E-state index is -0.666. The van der Waals surface area contributed by atoms with Crippen molar-refractivity contribution < 1.29 is 24.4 Å². The van der Waals surface area contributed by atoms with E-state index >= 15 is 0 Å². The molecule has 0 radical (unpaired) electrons. The Kier molecular flexibility index (Phi) is 6.32. The number of aliphatic hydroxyl groups excluding tert-OH is 1. The minimum absolute atomic E-state index is 0.00234. The van der Waals surface area contributed by atoms with Crippen LogP contribution in [0.2, 0.25) is 0 Å². The molecule has 0 aliphatic carbocycles. The molecule has 1 aromatic carbocycles. The molecular formula is C19H24N4O6. The topological polar surface area (TPSA) is 125 Å². The van der Waals surface area contributed by atoms with Gasteiger partial charge in [0, 0.05) is 31.4 Å². The summed E-state index contributed by atoms with van der Waals surface area (Å²) < 4.78 is 4.74. The fourth-order valence-electron chi connectivity index (χ4n) is 3.64. The van der Waals surface area contributed by atoms with E-state index in [1.165, 1.54) is 18.1 Å². The van der Waals surface area contributed by atoms with E-state index in [1.54, 1.807) is 12.1 Å². The van der Waals surface area contributed by atoms with Crippen molar-refractivity contribution >= 4 is 28.9 Å². The maximum atomic E-state index is 12.6. The van der Waals surface area contributed by atoms with Crippen molar-refractivity contribution in [2.75, 3.05) is 50.1 Å². The van der Waals surface area contributed by atoms with Crippen LogP contribution in [0.15, 0.2) is 29.5 Å². The molecule has 10 heteroatoms. The average Bonchev–Trinajstić information content (AvgIpc) is 3.04. The number of hydrogen-bond acceptors (Lipinski definition) is 8. The lowest BCUT2D eigenvalue weighted by Gasteiger charge is -2.28. The van der Waals surface area contributed by atoms with Crippen LogP contribution in [0.25, 0.3) is 0 Å². The molecule has 3 rings (SSSR count). The van der Waals surface area contributed by atoms with Gasteiger partial charge in [-0.15, -0.1) is 0 Å². The van der Waals surface area contributed by atoms with Crippen molar-refractivity contribution in [3.05, 3.63) is 39.6 Å². The molecular weight excluding hydrogens is 380 g/mol. The van der Waals surface area contributed by atoms with Crippen molar-refractivity contribution in [3.8, 4) is 0 Å². The van der Waals surface area contributed by atoms with Crippen molar-refractivity contribution in [1.82, 2.24) is 4.90 Å². The highest BCUT2D eigenvalue weighted by Gasteiger charge is 2.34. The van der Waals surface area contributed by atoms with Crippen LogP contribution in [0, 0.1) is 10.1 Å². The fraction of sp³-hybridized carbons (Fsp3) is 0.474. The van der Waals surface area contributed by atoms with Crippen LogP contribution in [-0.4, -0.2) is 66.7 Å². The lowest BCUT2D eigenvalue weighted by atomic mass is 10.1. The third-order valence-corrected chi connectivity index (χ3v) is 5.09. The predicted molar refractivity (Wildman–Crippen MR) is 105 cm³/mol. The Labute approximate surface area is 167 Å². The number of hydrogen-bond donors (Lipinski definition) is 2. The summed E-state index contributed by atoms with van der Waals surface area (Å²) in [6, 6.07) is 4.68. The van der Waals surface area contributed by atoms with Gasteiger partial charge in [0.15, 0.2) is 0 Å². The van der Waals surface area contributed by atoms with Gasteiger partial charge >= 0.3 is 5.97 Å². The Bertz CT molecular complexity index is 847. The summed E-state index contributed by atoms with van der Waals surface area (Å²) in [7, 11) is 1.21. The normalized spacial score (nSPS) is 17.0. The number of nitrogens with one attached hydrogen (secondary N) is 1. The predicted octanol–water partition coefficient (Wildman–Crippen LogP) is 1.26. The first kappa shape index (κ1) is 20.6. The zero-order valence-electron chi connectivity index (χ0n) is 16.2. The Morgan fingerprint density at radius 3 is 2.66 bits per heavy atom. The third kappa shape index (κ3) is 4.32. The number of ether oxygens (including phenoxy) is 1. The molecule has 2 aliphatic heterocycles. The van der Waals surface area contributed by atoms with Gasteiger partial charge in [0.05, 0.1) is 30.8 Å². The van der Waals surface area contributed by atoms with Gasteiger partial charge in [-0.1, -0.05) is 0 Å². The quantitative estimate of drug-likeness (QED) is 0.395. The number of β-amino-alcohol motifs (C(OH)–C–C–N with tert-alkyl or cyclic N) is 1. The Hall–Kier alpha value is -3.14. The molecule has 0 atom stereocenters. The van der Waals surface area contributed by atoms with E-state index in [2.05, 4.69) is 5.32 Å². The fourth-order valence-corrected chi connectivity index (χ4v) is 3.64. The van der Waals surface area contributed by atoms with Crippen LogP contribution in [0.3, 0.4) is 0 Å². The second-order valence-corrected chi connectivity index (χ2v) is 6.93. The summed E-state index contributed by atoms with van der Waals surface area (Å²) in [5.74, 6) is -1.14. The van der Waals surface area contributed by atoms with E-state index in [9.17, 15) is 19.7 Å². The number of aliphatic hydroxyl groups is 1. The summed E-state index contributed by atoms with van der Waals surface area (Å²) in [5.41, 5.74) is 0.934. The van der Waals surface area contributed by atoms with Gasteiger partial charge in [-0.25, -0.2) is 4.79 Å². The van der Waals surface area contributed by atoms with Crippen LogP contribution in [0.4, 0.5) is 17.1 Å². The van der Waals surface area contributed by atoms with Gasteiger partial charge in [-0.05, 0) is 31.4 Å². The van der Waals surface area contributed by atoms with E-state index in [-0.39, 0.29) is 36.7 Å². The summed E-state index contributed by atoms with van der Waals surface area (Å²) in [5, 5.41) is 23.6. The molecule has 10 nitrogen and oxygen atoms in total. The molecule has 0 bridgehead atoms. The van der Waals surface area contributed by atoms with E-state index < -0.39 is 16.8 Å². The summed E-state index contributed by atoms with van der Waals surface area (Å²) >= 11 is 0. The van der Waals surface area contributed by atoms with Gasteiger partial charge in [0.1, 0.15) is 11.4 Å². The van der Waals surface area contributed by atoms with Crippen LogP contribution < -0.4 is 10.2 Å². The second-order valence-electron chi connectivity index (χ2n) is 6.93. The lowest BCUT2D eigenvalue weighted by molar-refractivity contribution is -0.384. The highest BCUT2D eigenvalue weighted by molar-refractivity contribution is 6.08. The van der Waals surface area contributed by atoms with Gasteiger partial charge in [0.2, 0.25) is 0 Å². The molecule has 29 heavy (non-hydrogen) atoms. The first-order valence-electron chi connectivity index (χ1n) is 9.48. The van der Waals surface area contributed by atoms with E-state index in [0.29, 0.717) is 11.4 Å². The zero-order valence-corrected chi connectivity index (χ0v) is 16.2. The smallest absolute Gasteiger partial charge is 0.337 e. The Balaban J connectivity index is 1.91. The number of piperidine rings is 1. The summed E-state index contributed by atoms with van der Waals surface area (Å²) in [4.78, 5) is 39.2. The number of rotatable bonds is 7. The van der Waals surface area contributed by atoms with Crippen molar-refractivity contribution in [3.63, 3.8) is 0 Å². The number of methoxy groups -OCH3 is 1. The van der Waals surface area contributed by atoms with Crippen LogP contribution in [-0.2, 0) is 14.3 Å². The molecule has 2 aliphatic rings. The van der Waals surface area contributed by atoms with E-state index in [4.69, 9.17) is 9.84 Å². The van der Waals surface area contributed by atoms with Crippen molar-refractivity contribution in [1.29, 1.82) is 0 Å². The number of esters is 1. The van der Waals surface area contributed by atoms with Crippen LogP contribution >= 0.6 is 0 Å². The summed E-state index contributed by atoms with van der Waals surface area (Å²) in [6.45, 7) is 1.35. The van der Waals surface area contributed by atoms with Gasteiger partial charge in [-0.2, -0.15) is 0 Å². The Morgan fingerprint density at radius 2 is 2.03 bits per heavy atom. The number of carbonyl (C=O) groups is 2. The molecule has 0 unspecified atom stereocenters. The maximum Gasteiger partial charge on any atom is 0.337 e. The number of benzene rings is 1. The molecule has 0 saturated carbocycles. The third-order valence-electron chi connectivity index (χ3n) is 5.09. The van der Waals surface area contributed by atoms with Gasteiger partial charge in [0.25, 0.3) is 11.6 Å². The SMILES string of the molecule is COC(=O)C1=C(Nc2ccc(N3CCCCC3)c([N+](=O)[O-])c2)C(=O)N(CCO)C1. The highest BCUT2D eigenvalue weighted by Crippen LogP contribution is 2.34. The number of nitro groups is 1. The van der Waals surface area contributed by atoms with Crippen molar-refractivity contribution in [2.45, 2.75) is 19.3 Å². The van der Waals surface area contributed by atoms with Crippen LogP contribution in [0.5, 0.6) is 0 Å². The number of nitro benzene ring substituents is 1. The van der Waals surface area contributed by atoms with Crippen LogP contribution in [0.1, 0.15) is 19.3 Å². The lowest BCUT2D eigenvalue weighted by Crippen LogP contribution is -2.31. The first-order chi connectivity index (χ1) is 14.0. The zero-order chi connectivity index (χ0) is 21.0. The standard InChI is InChI=1S/C19H24N4O6/c1-29-19(26)14-12-22(9-10-24)18(25)17(14)20-13-5-6-15(16(11-13)23(27)28)21-7-3-2-4-8-21/h5-6,11,20,24H,2-4,7-10,12H2,1H3. The monoisotopic (exact) mass is 404 g/mol. The Morgan fingerprint density at radius 1 is 1.31 bits per heavy atom. The second kappa shape index (κ2) is 8.91. The number of carbonyl (C=O) groups excluding carboxylic acids is 2. The molecule has 2 N–H and O–H groups in total. The number of amides is 1. The average molecular weight is 404 g/mol. The molecule has 156 valence electrons. The minimum Gasteiger partial charge on any atom is -0.466 e. The van der Waals surface area contributed by atoms with E-state index in [1.807, 2.05) is 4.90 Å². The first-order valence-corrected chi connectivity index (χ1v) is 9.48. The number of anilines is 2. The maximum absolute atomic E-state index is 12.6. The molecule has 2 heterocycles. The number of nitrogens with zero attached hydrogens (tertiary/aromatic N) is 3. The summed E-state index contributed by atoms with van der Waals surface area (Å²) in [6.07, 6.45) is 3.09. The molecule has 1 fully saturated rings. The largest absolute Gasteiger partial charge is 0.466 e. The molecule has 1 amide bonds. The highest BCUT2D eigenvalue weighted by atomic mass is 16.6. The molecule has 0 aromatic heterocycles. The van der Waals surface area contributed by atoms with Gasteiger partial charge < -0.3 is 25.0 Å². The molecule has 1 aromatic rings. The molecule has 0 spiro atoms. The van der Waals surface area contributed by atoms with Crippen molar-refractivity contribution in [2.24, 2.45) is 0 Å². The molecule has 1 saturated heterocycles. The van der Waals surface area contributed by atoms with E-state index in [0.717, 1.165) is 32.4 Å². The van der Waals surface area contributed by atoms with Gasteiger partial charge in [-0.3, -0.25) is 14.9 Å².